The van der Waals surface area contributed by atoms with Crippen molar-refractivity contribution >= 4 is 11.8 Å². The minimum absolute atomic E-state index is 0.348. The highest BCUT2D eigenvalue weighted by Gasteiger charge is 2.14. The summed E-state index contributed by atoms with van der Waals surface area (Å²) in [6, 6.07) is 8.20. The summed E-state index contributed by atoms with van der Waals surface area (Å²) >= 11 is 2.02. The third-order valence-corrected chi connectivity index (χ3v) is 4.26. The Morgan fingerprint density at radius 2 is 2.00 bits per heavy atom. The molecule has 2 nitrogen and oxygen atoms in total. The molecule has 17 heavy (non-hydrogen) atoms. The molecular weight excluding hydrogens is 230 g/mol. The second-order valence-electron chi connectivity index (χ2n) is 4.69. The number of nitrogens with zero attached hydrogens (tertiary/aromatic N) is 1. The van der Waals surface area contributed by atoms with E-state index in [0.717, 1.165) is 25.2 Å². The fourth-order valence-corrected chi connectivity index (χ4v) is 3.04. The Balaban J connectivity index is 1.91. The van der Waals surface area contributed by atoms with E-state index in [1.807, 2.05) is 23.9 Å². The van der Waals surface area contributed by atoms with Crippen LogP contribution in [0.4, 0.5) is 0 Å². The third kappa shape index (κ3) is 4.02. The van der Waals surface area contributed by atoms with Gasteiger partial charge < -0.3 is 5.11 Å². The maximum absolute atomic E-state index is 10.2. The lowest BCUT2D eigenvalue weighted by molar-refractivity contribution is 0.117. The SMILES string of the molecule is Cc1ccc(C(O)CN2CCCSCC2)cc1. The first-order valence-electron chi connectivity index (χ1n) is 6.30. The fourth-order valence-electron chi connectivity index (χ4n) is 2.12. The lowest BCUT2D eigenvalue weighted by Crippen LogP contribution is -2.30. The van der Waals surface area contributed by atoms with Crippen LogP contribution in [0.25, 0.3) is 0 Å². The average Bonchev–Trinajstić information content (AvgIpc) is 2.58. The average molecular weight is 251 g/mol. The molecule has 0 saturated carbocycles. The van der Waals surface area contributed by atoms with Gasteiger partial charge in [0.1, 0.15) is 0 Å². The summed E-state index contributed by atoms with van der Waals surface area (Å²) in [5.41, 5.74) is 2.28. The fraction of sp³-hybridized carbons (Fsp3) is 0.571. The minimum Gasteiger partial charge on any atom is -0.387 e. The van der Waals surface area contributed by atoms with Gasteiger partial charge in [0, 0.05) is 18.8 Å². The number of rotatable bonds is 3. The molecule has 1 aromatic rings. The molecular formula is C14H21NOS. The van der Waals surface area contributed by atoms with E-state index >= 15 is 0 Å². The summed E-state index contributed by atoms with van der Waals surface area (Å²) in [5, 5.41) is 10.2. The molecule has 1 aliphatic rings. The Kier molecular flexibility index (Phi) is 4.89. The zero-order valence-corrected chi connectivity index (χ0v) is 11.2. The van der Waals surface area contributed by atoms with Gasteiger partial charge in [-0.2, -0.15) is 11.8 Å². The van der Waals surface area contributed by atoms with Gasteiger partial charge in [0.05, 0.1) is 6.10 Å². The highest BCUT2D eigenvalue weighted by Crippen LogP contribution is 2.17. The smallest absolute Gasteiger partial charge is 0.0916 e. The maximum Gasteiger partial charge on any atom is 0.0916 e. The Hall–Kier alpha value is -0.510. The molecule has 0 radical (unpaired) electrons. The van der Waals surface area contributed by atoms with E-state index < -0.39 is 0 Å². The van der Waals surface area contributed by atoms with Crippen LogP contribution in [-0.4, -0.2) is 41.1 Å². The summed E-state index contributed by atoms with van der Waals surface area (Å²) in [6.45, 7) is 5.06. The Labute approximate surface area is 108 Å². The van der Waals surface area contributed by atoms with Crippen molar-refractivity contribution in [3.05, 3.63) is 35.4 Å². The Morgan fingerprint density at radius 1 is 1.24 bits per heavy atom. The lowest BCUT2D eigenvalue weighted by Gasteiger charge is -2.23. The molecule has 2 rings (SSSR count). The molecule has 1 aliphatic heterocycles. The van der Waals surface area contributed by atoms with Gasteiger partial charge in [-0.1, -0.05) is 29.8 Å². The molecule has 0 aliphatic carbocycles. The van der Waals surface area contributed by atoms with E-state index in [-0.39, 0.29) is 6.10 Å². The predicted molar refractivity (Wildman–Crippen MR) is 74.5 cm³/mol. The number of benzene rings is 1. The molecule has 1 fully saturated rings. The molecule has 1 atom stereocenters. The van der Waals surface area contributed by atoms with Crippen LogP contribution in [0.3, 0.4) is 0 Å². The van der Waals surface area contributed by atoms with Crippen LogP contribution in [0.15, 0.2) is 24.3 Å². The topological polar surface area (TPSA) is 23.5 Å². The normalized spacial score (nSPS) is 19.9. The predicted octanol–water partition coefficient (Wildman–Crippen LogP) is 2.47. The maximum atomic E-state index is 10.2. The van der Waals surface area contributed by atoms with Crippen molar-refractivity contribution in [2.75, 3.05) is 31.1 Å². The van der Waals surface area contributed by atoms with Crippen LogP contribution in [0.5, 0.6) is 0 Å². The summed E-state index contributed by atoms with van der Waals surface area (Å²) in [5.74, 6) is 2.46. The van der Waals surface area contributed by atoms with Crippen LogP contribution >= 0.6 is 11.8 Å². The zero-order chi connectivity index (χ0) is 12.1. The molecule has 94 valence electrons. The van der Waals surface area contributed by atoms with E-state index in [1.165, 1.54) is 23.5 Å². The standard InChI is InChI=1S/C14H21NOS/c1-12-3-5-13(6-4-12)14(16)11-15-7-2-9-17-10-8-15/h3-6,14,16H,2,7-11H2,1H3. The monoisotopic (exact) mass is 251 g/mol. The van der Waals surface area contributed by atoms with Gasteiger partial charge in [0.2, 0.25) is 0 Å². The van der Waals surface area contributed by atoms with Crippen LogP contribution in [-0.2, 0) is 0 Å². The van der Waals surface area contributed by atoms with Gasteiger partial charge in [-0.25, -0.2) is 0 Å². The van der Waals surface area contributed by atoms with Crippen molar-refractivity contribution in [3.8, 4) is 0 Å². The van der Waals surface area contributed by atoms with Gasteiger partial charge in [-0.3, -0.25) is 4.90 Å². The number of aryl methyl sites for hydroxylation is 1. The second-order valence-corrected chi connectivity index (χ2v) is 5.92. The van der Waals surface area contributed by atoms with Crippen molar-refractivity contribution < 1.29 is 5.11 Å². The first-order chi connectivity index (χ1) is 8.25. The molecule has 3 heteroatoms. The first kappa shape index (κ1) is 12.9. The van der Waals surface area contributed by atoms with Crippen LogP contribution < -0.4 is 0 Å². The number of β-amino-alcohol motifs (C(OH)–C–C–N with tert-alkyl or cyclic N) is 1. The van der Waals surface area contributed by atoms with Gasteiger partial charge in [0.25, 0.3) is 0 Å². The van der Waals surface area contributed by atoms with Crippen molar-refractivity contribution in [1.29, 1.82) is 0 Å². The van der Waals surface area contributed by atoms with E-state index in [9.17, 15) is 5.11 Å². The van der Waals surface area contributed by atoms with Crippen molar-refractivity contribution in [2.24, 2.45) is 0 Å². The highest BCUT2D eigenvalue weighted by molar-refractivity contribution is 7.99. The Morgan fingerprint density at radius 3 is 2.76 bits per heavy atom. The second kappa shape index (κ2) is 6.43. The molecule has 0 aromatic heterocycles. The van der Waals surface area contributed by atoms with Gasteiger partial charge >= 0.3 is 0 Å². The summed E-state index contributed by atoms with van der Waals surface area (Å²) < 4.78 is 0. The third-order valence-electron chi connectivity index (χ3n) is 3.21. The first-order valence-corrected chi connectivity index (χ1v) is 7.46. The zero-order valence-electron chi connectivity index (χ0n) is 10.4. The number of thioether (sulfide) groups is 1. The number of aliphatic hydroxyl groups is 1. The molecule has 1 heterocycles. The van der Waals surface area contributed by atoms with Gasteiger partial charge in [0.15, 0.2) is 0 Å². The summed E-state index contributed by atoms with van der Waals surface area (Å²) in [4.78, 5) is 2.38. The molecule has 1 aromatic carbocycles. The van der Waals surface area contributed by atoms with E-state index in [2.05, 4.69) is 24.0 Å². The van der Waals surface area contributed by atoms with Crippen molar-refractivity contribution in [1.82, 2.24) is 4.90 Å². The van der Waals surface area contributed by atoms with Gasteiger partial charge in [-0.15, -0.1) is 0 Å². The number of aliphatic hydroxyl groups excluding tert-OH is 1. The van der Waals surface area contributed by atoms with Crippen LogP contribution in [0.2, 0.25) is 0 Å². The summed E-state index contributed by atoms with van der Waals surface area (Å²) in [7, 11) is 0. The molecule has 1 N–H and O–H groups in total. The lowest BCUT2D eigenvalue weighted by atomic mass is 10.1. The molecule has 0 amide bonds. The quantitative estimate of drug-likeness (QED) is 0.892. The molecule has 0 spiro atoms. The van der Waals surface area contributed by atoms with Gasteiger partial charge in [-0.05, 0) is 31.2 Å². The van der Waals surface area contributed by atoms with Crippen molar-refractivity contribution in [2.45, 2.75) is 19.4 Å². The highest BCUT2D eigenvalue weighted by atomic mass is 32.2. The van der Waals surface area contributed by atoms with Crippen molar-refractivity contribution in [3.63, 3.8) is 0 Å². The number of hydrogen-bond acceptors (Lipinski definition) is 3. The molecule has 0 bridgehead atoms. The number of hydrogen-bond donors (Lipinski definition) is 1. The minimum atomic E-state index is -0.348. The summed E-state index contributed by atoms with van der Waals surface area (Å²) in [6.07, 6.45) is 0.893. The van der Waals surface area contributed by atoms with Crippen LogP contribution in [0.1, 0.15) is 23.7 Å². The Bertz CT molecular complexity index is 331. The van der Waals surface area contributed by atoms with E-state index in [0.29, 0.717) is 0 Å². The van der Waals surface area contributed by atoms with E-state index in [4.69, 9.17) is 0 Å². The van der Waals surface area contributed by atoms with Crippen LogP contribution in [0, 0.1) is 6.92 Å². The van der Waals surface area contributed by atoms with E-state index in [1.54, 1.807) is 0 Å². The molecule has 1 saturated heterocycles. The largest absolute Gasteiger partial charge is 0.387 e. The molecule has 1 unspecified atom stereocenters.